The number of hydrogen-bond acceptors (Lipinski definition) is 8. The van der Waals surface area contributed by atoms with Crippen LogP contribution in [0.15, 0.2) is 48.5 Å². The lowest BCUT2D eigenvalue weighted by molar-refractivity contribution is -0.166. The molecule has 0 unspecified atom stereocenters. The van der Waals surface area contributed by atoms with E-state index < -0.39 is 41.9 Å². The zero-order valence-electron chi connectivity index (χ0n) is 21.3. The molecular formula is C27H29FN4O7. The lowest BCUT2D eigenvalue weighted by Gasteiger charge is -2.34. The summed E-state index contributed by atoms with van der Waals surface area (Å²) in [6.07, 6.45) is -1.77. The number of nitriles is 1. The number of carbonyl (C=O) groups is 4. The molecule has 3 N–H and O–H groups in total. The van der Waals surface area contributed by atoms with Gasteiger partial charge in [-0.25, -0.2) is 14.0 Å². The molecule has 206 valence electrons. The van der Waals surface area contributed by atoms with E-state index in [2.05, 4.69) is 10.6 Å². The van der Waals surface area contributed by atoms with Gasteiger partial charge in [-0.3, -0.25) is 9.59 Å². The molecular weight excluding hydrogens is 511 g/mol. The minimum absolute atomic E-state index is 0.0128. The number of aliphatic carboxylic acids is 1. The number of alkyl carbamates (subject to hydrolysis) is 1. The Morgan fingerprint density at radius 1 is 1.15 bits per heavy atom. The van der Waals surface area contributed by atoms with Gasteiger partial charge in [0, 0.05) is 26.6 Å². The van der Waals surface area contributed by atoms with Gasteiger partial charge in [0.1, 0.15) is 18.5 Å². The molecule has 39 heavy (non-hydrogen) atoms. The standard InChI is InChI=1S/C27H29FN4O7/c1-17(33)39-24(26(35)36)23(31-27(37)38-16-19-5-3-2-4-6-19)25(34)30-15-18-9-11-32(12-10-18)22-8-7-21(28)13-20(22)14-29/h2-8,13,18,23-24H,9-12,15-16H2,1H3,(H,30,34)(H,31,37)(H,35,36)/t23-,24-/m1/s1. The van der Waals surface area contributed by atoms with Gasteiger partial charge in [-0.1, -0.05) is 30.3 Å². The van der Waals surface area contributed by atoms with E-state index in [1.807, 2.05) is 11.0 Å². The first-order valence-electron chi connectivity index (χ1n) is 12.3. The van der Waals surface area contributed by atoms with Crippen LogP contribution in [-0.2, 0) is 30.5 Å². The Hall–Kier alpha value is -4.66. The lowest BCUT2D eigenvalue weighted by Crippen LogP contribution is -2.57. The average molecular weight is 541 g/mol. The average Bonchev–Trinajstić information content (AvgIpc) is 2.93. The molecule has 11 nitrogen and oxygen atoms in total. The number of halogens is 1. The Morgan fingerprint density at radius 3 is 2.46 bits per heavy atom. The van der Waals surface area contributed by atoms with Crippen LogP contribution in [0.25, 0.3) is 0 Å². The largest absolute Gasteiger partial charge is 0.478 e. The third-order valence-corrected chi connectivity index (χ3v) is 6.21. The van der Waals surface area contributed by atoms with Gasteiger partial charge in [-0.15, -0.1) is 0 Å². The number of carboxylic acid groups (broad SMARTS) is 1. The van der Waals surface area contributed by atoms with Gasteiger partial charge in [0.05, 0.1) is 11.3 Å². The number of nitrogens with one attached hydrogen (secondary N) is 2. The van der Waals surface area contributed by atoms with Gasteiger partial charge in [0.25, 0.3) is 0 Å². The molecule has 1 fully saturated rings. The van der Waals surface area contributed by atoms with Gasteiger partial charge in [0.2, 0.25) is 12.0 Å². The number of nitrogens with zero attached hydrogens (tertiary/aromatic N) is 2. The Balaban J connectivity index is 1.60. The molecule has 1 heterocycles. The van der Waals surface area contributed by atoms with Crippen LogP contribution in [-0.4, -0.2) is 60.8 Å². The zero-order valence-corrected chi connectivity index (χ0v) is 21.3. The van der Waals surface area contributed by atoms with Crippen LogP contribution in [0.2, 0.25) is 0 Å². The maximum Gasteiger partial charge on any atom is 0.408 e. The predicted molar refractivity (Wildman–Crippen MR) is 136 cm³/mol. The van der Waals surface area contributed by atoms with E-state index in [4.69, 9.17) is 9.47 Å². The second-order valence-electron chi connectivity index (χ2n) is 9.00. The number of amides is 2. The smallest absolute Gasteiger partial charge is 0.408 e. The van der Waals surface area contributed by atoms with Crippen LogP contribution in [0.3, 0.4) is 0 Å². The first-order chi connectivity index (χ1) is 18.7. The Morgan fingerprint density at radius 2 is 1.85 bits per heavy atom. The zero-order chi connectivity index (χ0) is 28.4. The molecule has 1 saturated heterocycles. The number of benzene rings is 2. The monoisotopic (exact) mass is 540 g/mol. The highest BCUT2D eigenvalue weighted by Crippen LogP contribution is 2.26. The lowest BCUT2D eigenvalue weighted by atomic mass is 9.95. The van der Waals surface area contributed by atoms with Crippen molar-refractivity contribution in [1.82, 2.24) is 10.6 Å². The first kappa shape index (κ1) is 28.9. The molecule has 3 rings (SSSR count). The molecule has 0 radical (unpaired) electrons. The van der Waals surface area contributed by atoms with Gasteiger partial charge in [-0.2, -0.15) is 5.26 Å². The minimum Gasteiger partial charge on any atom is -0.478 e. The molecule has 2 aromatic rings. The minimum atomic E-state index is -1.98. The van der Waals surface area contributed by atoms with Crippen LogP contribution < -0.4 is 15.5 Å². The van der Waals surface area contributed by atoms with E-state index in [0.717, 1.165) is 6.92 Å². The first-order valence-corrected chi connectivity index (χ1v) is 12.3. The van der Waals surface area contributed by atoms with Crippen LogP contribution in [0, 0.1) is 23.1 Å². The summed E-state index contributed by atoms with van der Waals surface area (Å²) in [5.41, 5.74) is 1.54. The van der Waals surface area contributed by atoms with Crippen molar-refractivity contribution in [2.24, 2.45) is 5.92 Å². The van der Waals surface area contributed by atoms with Crippen LogP contribution >= 0.6 is 0 Å². The summed E-state index contributed by atoms with van der Waals surface area (Å²) in [5.74, 6) is -3.89. The van der Waals surface area contributed by atoms with Gasteiger partial charge in [-0.05, 0) is 42.5 Å². The van der Waals surface area contributed by atoms with Crippen LogP contribution in [0.5, 0.6) is 0 Å². The summed E-state index contributed by atoms with van der Waals surface area (Å²) >= 11 is 0. The van der Waals surface area contributed by atoms with Gasteiger partial charge >= 0.3 is 18.0 Å². The van der Waals surface area contributed by atoms with E-state index in [9.17, 15) is 33.9 Å². The van der Waals surface area contributed by atoms with E-state index in [-0.39, 0.29) is 24.6 Å². The number of anilines is 1. The number of ether oxygens (including phenoxy) is 2. The third-order valence-electron chi connectivity index (χ3n) is 6.21. The fraction of sp³-hybridized carbons (Fsp3) is 0.370. The van der Waals surface area contributed by atoms with E-state index in [1.54, 1.807) is 36.4 Å². The summed E-state index contributed by atoms with van der Waals surface area (Å²) < 4.78 is 23.4. The summed E-state index contributed by atoms with van der Waals surface area (Å²) in [7, 11) is 0. The summed E-state index contributed by atoms with van der Waals surface area (Å²) in [6.45, 7) is 2.15. The quantitative estimate of drug-likeness (QED) is 0.385. The maximum atomic E-state index is 13.5. The van der Waals surface area contributed by atoms with Crippen LogP contribution in [0.1, 0.15) is 30.9 Å². The van der Waals surface area contributed by atoms with Crippen molar-refractivity contribution in [3.8, 4) is 6.07 Å². The molecule has 2 amide bonds. The fourth-order valence-corrected chi connectivity index (χ4v) is 4.22. The maximum absolute atomic E-state index is 13.5. The number of hydrogen-bond donors (Lipinski definition) is 3. The van der Waals surface area contributed by atoms with Gasteiger partial charge in [0.15, 0.2) is 6.04 Å². The van der Waals surface area contributed by atoms with Crippen molar-refractivity contribution in [1.29, 1.82) is 5.26 Å². The summed E-state index contributed by atoms with van der Waals surface area (Å²) in [4.78, 5) is 50.6. The Bertz CT molecular complexity index is 1230. The highest BCUT2D eigenvalue weighted by atomic mass is 19.1. The number of piperidine rings is 1. The Labute approximate surface area is 224 Å². The summed E-state index contributed by atoms with van der Waals surface area (Å²) in [6, 6.07) is 13.0. The molecule has 2 atom stereocenters. The molecule has 0 saturated carbocycles. The van der Waals surface area contributed by atoms with E-state index in [0.29, 0.717) is 37.2 Å². The van der Waals surface area contributed by atoms with Crippen molar-refractivity contribution in [2.45, 2.75) is 38.5 Å². The number of carbonyl (C=O) groups excluding carboxylic acids is 3. The predicted octanol–water partition coefficient (Wildman–Crippen LogP) is 2.34. The highest BCUT2D eigenvalue weighted by molar-refractivity contribution is 5.92. The number of rotatable bonds is 10. The fourth-order valence-electron chi connectivity index (χ4n) is 4.22. The van der Waals surface area contributed by atoms with Gasteiger partial charge < -0.3 is 30.1 Å². The van der Waals surface area contributed by atoms with Crippen molar-refractivity contribution in [3.05, 3.63) is 65.5 Å². The second kappa shape index (κ2) is 13.8. The summed E-state index contributed by atoms with van der Waals surface area (Å²) in [5, 5.41) is 23.7. The second-order valence-corrected chi connectivity index (χ2v) is 9.00. The van der Waals surface area contributed by atoms with Crippen molar-refractivity contribution in [2.75, 3.05) is 24.5 Å². The molecule has 0 bridgehead atoms. The molecule has 12 heteroatoms. The molecule has 0 aromatic heterocycles. The van der Waals surface area contributed by atoms with Crippen LogP contribution in [0.4, 0.5) is 14.9 Å². The molecule has 2 aromatic carbocycles. The van der Waals surface area contributed by atoms with E-state index >= 15 is 0 Å². The molecule has 0 aliphatic carbocycles. The normalized spacial score (nSPS) is 14.8. The van der Waals surface area contributed by atoms with E-state index in [1.165, 1.54) is 12.1 Å². The third kappa shape index (κ3) is 8.43. The molecule has 1 aliphatic rings. The Kier molecular flexibility index (Phi) is 10.2. The van der Waals surface area contributed by atoms with Crippen molar-refractivity contribution in [3.63, 3.8) is 0 Å². The number of esters is 1. The molecule has 0 spiro atoms. The van der Waals surface area contributed by atoms with Crippen molar-refractivity contribution >= 4 is 29.6 Å². The van der Waals surface area contributed by atoms with Crippen molar-refractivity contribution < 1.29 is 38.1 Å². The SMILES string of the molecule is CC(=O)O[C@@H](C(=O)O)[C@@H](NC(=O)OCc1ccccc1)C(=O)NCC1CCN(c2ccc(F)cc2C#N)CC1. The number of carboxylic acids is 1. The highest BCUT2D eigenvalue weighted by Gasteiger charge is 2.38. The topological polar surface area (TPSA) is 158 Å². The molecule has 1 aliphatic heterocycles.